The van der Waals surface area contributed by atoms with Gasteiger partial charge in [0.1, 0.15) is 5.69 Å². The number of carbonyl (C=O) groups excluding carboxylic acids is 1. The van der Waals surface area contributed by atoms with Crippen LogP contribution in [0.15, 0.2) is 18.2 Å². The molecule has 1 aromatic carbocycles. The highest BCUT2D eigenvalue weighted by Gasteiger charge is 2.23. The maximum Gasteiger partial charge on any atom is 0.292 e. The Bertz CT molecular complexity index is 545. The van der Waals surface area contributed by atoms with Gasteiger partial charge in [0.2, 0.25) is 5.91 Å². The van der Waals surface area contributed by atoms with Crippen LogP contribution >= 0.6 is 0 Å². The largest absolute Gasteiger partial charge is 0.382 e. The normalized spacial score (nSPS) is 19.2. The highest BCUT2D eigenvalue weighted by Crippen LogP contribution is 2.29. The Morgan fingerprint density at radius 3 is 2.86 bits per heavy atom. The third-order valence-electron chi connectivity index (χ3n) is 4.03. The van der Waals surface area contributed by atoms with Gasteiger partial charge >= 0.3 is 0 Å². The number of benzene rings is 1. The van der Waals surface area contributed by atoms with Gasteiger partial charge in [-0.25, -0.2) is 0 Å². The first kappa shape index (κ1) is 15.3. The molecule has 1 aromatic rings. The van der Waals surface area contributed by atoms with Crippen molar-refractivity contribution in [3.05, 3.63) is 33.9 Å². The zero-order chi connectivity index (χ0) is 15.4. The molecule has 1 aliphatic rings. The fraction of sp³-hybridized carbons (Fsp3) is 0.533. The summed E-state index contributed by atoms with van der Waals surface area (Å²) in [6.45, 7) is 3.29. The minimum Gasteiger partial charge on any atom is -0.382 e. The number of nitro groups is 1. The van der Waals surface area contributed by atoms with Gasteiger partial charge in [-0.2, -0.15) is 0 Å². The summed E-state index contributed by atoms with van der Waals surface area (Å²) in [5.41, 5.74) is 1.33. The van der Waals surface area contributed by atoms with Gasteiger partial charge in [-0.1, -0.05) is 19.1 Å². The molecule has 1 fully saturated rings. The summed E-state index contributed by atoms with van der Waals surface area (Å²) in [4.78, 5) is 24.6. The molecule has 21 heavy (non-hydrogen) atoms. The topological polar surface area (TPSA) is 75.5 Å². The van der Waals surface area contributed by atoms with E-state index >= 15 is 0 Å². The number of amides is 1. The maximum absolute atomic E-state index is 12.2. The van der Waals surface area contributed by atoms with Crippen molar-refractivity contribution >= 4 is 17.3 Å². The Hall–Kier alpha value is -2.11. The molecule has 0 aliphatic carbocycles. The molecule has 1 aliphatic heterocycles. The molecule has 1 amide bonds. The number of hydrogen-bond donors (Lipinski definition) is 1. The van der Waals surface area contributed by atoms with Crippen LogP contribution in [0, 0.1) is 16.0 Å². The number of nitrogens with one attached hydrogen (secondary N) is 1. The van der Waals surface area contributed by atoms with E-state index < -0.39 is 4.92 Å². The van der Waals surface area contributed by atoms with Gasteiger partial charge in [0, 0.05) is 38.2 Å². The lowest BCUT2D eigenvalue weighted by atomic mass is 10.0. The SMILES string of the molecule is CNc1c(CN2CCC(C)CCC2=O)cccc1[N+](=O)[O-]. The minimum atomic E-state index is -0.401. The summed E-state index contributed by atoms with van der Waals surface area (Å²) in [5, 5.41) is 14.0. The number of nitro benzene ring substituents is 1. The summed E-state index contributed by atoms with van der Waals surface area (Å²) in [6.07, 6.45) is 2.46. The third-order valence-corrected chi connectivity index (χ3v) is 4.03. The average Bonchev–Trinajstić information content (AvgIpc) is 2.62. The smallest absolute Gasteiger partial charge is 0.292 e. The van der Waals surface area contributed by atoms with Crippen molar-refractivity contribution in [2.75, 3.05) is 18.9 Å². The molecule has 0 bridgehead atoms. The Kier molecular flexibility index (Phi) is 4.77. The van der Waals surface area contributed by atoms with Crippen LogP contribution in [-0.4, -0.2) is 29.3 Å². The van der Waals surface area contributed by atoms with Crippen molar-refractivity contribution in [3.8, 4) is 0 Å². The molecule has 0 aromatic heterocycles. The first-order valence-electron chi connectivity index (χ1n) is 7.24. The Balaban J connectivity index is 2.24. The Morgan fingerprint density at radius 1 is 1.43 bits per heavy atom. The summed E-state index contributed by atoms with van der Waals surface area (Å²) in [7, 11) is 1.66. The van der Waals surface area contributed by atoms with Gasteiger partial charge in [-0.3, -0.25) is 14.9 Å². The monoisotopic (exact) mass is 291 g/mol. The molecule has 6 nitrogen and oxygen atoms in total. The highest BCUT2D eigenvalue weighted by atomic mass is 16.6. The van der Waals surface area contributed by atoms with Gasteiger partial charge in [0.05, 0.1) is 4.92 Å². The quantitative estimate of drug-likeness (QED) is 0.683. The summed E-state index contributed by atoms with van der Waals surface area (Å²) in [6, 6.07) is 4.97. The molecule has 2 rings (SSSR count). The van der Waals surface area contributed by atoms with Crippen molar-refractivity contribution in [2.24, 2.45) is 5.92 Å². The first-order valence-corrected chi connectivity index (χ1v) is 7.24. The predicted octanol–water partition coefficient (Wildman–Crippen LogP) is 2.79. The molecule has 1 heterocycles. The van der Waals surface area contributed by atoms with Crippen LogP contribution in [0.3, 0.4) is 0 Å². The maximum atomic E-state index is 12.2. The molecule has 0 radical (unpaired) electrons. The first-order chi connectivity index (χ1) is 10.0. The van der Waals surface area contributed by atoms with Crippen molar-refractivity contribution in [3.63, 3.8) is 0 Å². The van der Waals surface area contributed by atoms with Crippen LogP contribution in [0.25, 0.3) is 0 Å². The average molecular weight is 291 g/mol. The second kappa shape index (κ2) is 6.56. The van der Waals surface area contributed by atoms with E-state index in [0.29, 0.717) is 31.1 Å². The minimum absolute atomic E-state index is 0.0469. The fourth-order valence-electron chi connectivity index (χ4n) is 2.71. The molecule has 1 unspecified atom stereocenters. The van der Waals surface area contributed by atoms with Crippen LogP contribution in [-0.2, 0) is 11.3 Å². The van der Waals surface area contributed by atoms with Crippen molar-refractivity contribution in [1.82, 2.24) is 4.90 Å². The summed E-state index contributed by atoms with van der Waals surface area (Å²) < 4.78 is 0. The molecular weight excluding hydrogens is 270 g/mol. The van der Waals surface area contributed by atoms with Gasteiger partial charge in [0.15, 0.2) is 0 Å². The van der Waals surface area contributed by atoms with E-state index in [1.807, 2.05) is 11.0 Å². The zero-order valence-electron chi connectivity index (χ0n) is 12.5. The Morgan fingerprint density at radius 2 is 2.19 bits per heavy atom. The van der Waals surface area contributed by atoms with E-state index in [0.717, 1.165) is 18.4 Å². The second-order valence-electron chi connectivity index (χ2n) is 5.57. The van der Waals surface area contributed by atoms with E-state index in [4.69, 9.17) is 0 Å². The molecule has 1 atom stereocenters. The summed E-state index contributed by atoms with van der Waals surface area (Å²) >= 11 is 0. The lowest BCUT2D eigenvalue weighted by Crippen LogP contribution is -2.30. The number of rotatable bonds is 4. The molecule has 0 saturated carbocycles. The van der Waals surface area contributed by atoms with E-state index in [9.17, 15) is 14.9 Å². The molecular formula is C15H21N3O3. The zero-order valence-corrected chi connectivity index (χ0v) is 12.5. The number of anilines is 1. The van der Waals surface area contributed by atoms with Crippen LogP contribution < -0.4 is 5.32 Å². The van der Waals surface area contributed by atoms with Gasteiger partial charge in [-0.15, -0.1) is 0 Å². The second-order valence-corrected chi connectivity index (χ2v) is 5.57. The summed E-state index contributed by atoms with van der Waals surface area (Å²) in [5.74, 6) is 0.681. The fourth-order valence-corrected chi connectivity index (χ4v) is 2.71. The van der Waals surface area contributed by atoms with Crippen LogP contribution in [0.5, 0.6) is 0 Å². The number of likely N-dealkylation sites (tertiary alicyclic amines) is 1. The molecule has 0 spiro atoms. The van der Waals surface area contributed by atoms with Crippen molar-refractivity contribution in [2.45, 2.75) is 32.7 Å². The van der Waals surface area contributed by atoms with Crippen LogP contribution in [0.4, 0.5) is 11.4 Å². The van der Waals surface area contributed by atoms with E-state index in [-0.39, 0.29) is 11.6 Å². The van der Waals surface area contributed by atoms with E-state index in [1.54, 1.807) is 13.1 Å². The van der Waals surface area contributed by atoms with Crippen LogP contribution in [0.1, 0.15) is 31.7 Å². The molecule has 1 saturated heterocycles. The predicted molar refractivity (Wildman–Crippen MR) is 81.1 cm³/mol. The van der Waals surface area contributed by atoms with Gasteiger partial charge in [0.25, 0.3) is 5.69 Å². The molecule has 114 valence electrons. The Labute approximate surface area is 124 Å². The highest BCUT2D eigenvalue weighted by molar-refractivity contribution is 5.77. The van der Waals surface area contributed by atoms with Crippen LogP contribution in [0.2, 0.25) is 0 Å². The molecule has 6 heteroatoms. The number of carbonyl (C=O) groups is 1. The van der Waals surface area contributed by atoms with Gasteiger partial charge in [-0.05, 0) is 18.8 Å². The number of nitrogens with zero attached hydrogens (tertiary/aromatic N) is 2. The lowest BCUT2D eigenvalue weighted by Gasteiger charge is -2.22. The van der Waals surface area contributed by atoms with Gasteiger partial charge < -0.3 is 10.2 Å². The number of hydrogen-bond acceptors (Lipinski definition) is 4. The van der Waals surface area contributed by atoms with Crippen molar-refractivity contribution in [1.29, 1.82) is 0 Å². The third kappa shape index (κ3) is 3.51. The lowest BCUT2D eigenvalue weighted by molar-refractivity contribution is -0.384. The van der Waals surface area contributed by atoms with E-state index in [1.165, 1.54) is 6.07 Å². The van der Waals surface area contributed by atoms with Crippen molar-refractivity contribution < 1.29 is 9.72 Å². The molecule has 1 N–H and O–H groups in total. The number of para-hydroxylation sites is 1. The van der Waals surface area contributed by atoms with E-state index in [2.05, 4.69) is 12.2 Å². The standard InChI is InChI=1S/C15H21N3O3/c1-11-6-7-14(19)17(9-8-11)10-12-4-3-5-13(18(20)21)15(12)16-2/h3-5,11,16H,6-10H2,1-2H3.